The molecule has 29 heavy (non-hydrogen) atoms. The van der Waals surface area contributed by atoms with Gasteiger partial charge in [0, 0.05) is 27.4 Å². The van der Waals surface area contributed by atoms with Gasteiger partial charge < -0.3 is 10.3 Å². The van der Waals surface area contributed by atoms with Crippen LogP contribution in [0.5, 0.6) is 0 Å². The van der Waals surface area contributed by atoms with Crippen LogP contribution in [0.4, 0.5) is 0 Å². The Morgan fingerprint density at radius 3 is 2.21 bits per heavy atom. The molecule has 0 aliphatic rings. The van der Waals surface area contributed by atoms with Gasteiger partial charge in [-0.25, -0.2) is 0 Å². The molecule has 1 amide bonds. The monoisotopic (exact) mass is 384 g/mol. The first-order valence-corrected chi connectivity index (χ1v) is 9.34. The fraction of sp³-hybridized carbons (Fsp3) is 0.125. The average molecular weight is 384 g/mol. The summed E-state index contributed by atoms with van der Waals surface area (Å²) in [5, 5.41) is 3.92. The van der Waals surface area contributed by atoms with E-state index >= 15 is 0 Å². The molecule has 1 aromatic heterocycles. The molecule has 0 saturated heterocycles. The minimum Gasteiger partial charge on any atom is -0.354 e. The van der Waals surface area contributed by atoms with E-state index in [1.54, 1.807) is 62.4 Å². The van der Waals surface area contributed by atoms with Gasteiger partial charge in [0.25, 0.3) is 5.91 Å². The molecule has 4 aromatic rings. The predicted octanol–water partition coefficient (Wildman–Crippen LogP) is 4.07. The molecular formula is C24H20N2O3. The molecule has 0 fully saturated rings. The Morgan fingerprint density at radius 2 is 1.45 bits per heavy atom. The highest BCUT2D eigenvalue weighted by Gasteiger charge is 2.30. The molecule has 2 N–H and O–H groups in total. The number of amides is 1. The van der Waals surface area contributed by atoms with Crippen LogP contribution < -0.4 is 10.7 Å². The number of aromatic nitrogens is 1. The zero-order valence-corrected chi connectivity index (χ0v) is 16.2. The van der Waals surface area contributed by atoms with E-state index in [2.05, 4.69) is 10.3 Å². The molecule has 0 radical (unpaired) electrons. The zero-order valence-electron chi connectivity index (χ0n) is 16.2. The van der Waals surface area contributed by atoms with Crippen LogP contribution in [0, 0.1) is 0 Å². The first kappa shape index (κ1) is 18.6. The molecular weight excluding hydrogens is 364 g/mol. The van der Waals surface area contributed by atoms with Gasteiger partial charge >= 0.3 is 0 Å². The Hall–Kier alpha value is -3.73. The second-order valence-electron chi connectivity index (χ2n) is 7.53. The normalized spacial score (nSPS) is 11.5. The lowest BCUT2D eigenvalue weighted by Gasteiger charge is -2.25. The third-order valence-corrected chi connectivity index (χ3v) is 5.00. The summed E-state index contributed by atoms with van der Waals surface area (Å²) in [5.74, 6) is -0.554. The van der Waals surface area contributed by atoms with Gasteiger partial charge in [0.2, 0.25) is 0 Å². The summed E-state index contributed by atoms with van der Waals surface area (Å²) in [6, 6.07) is 21.0. The Labute approximate surface area is 167 Å². The molecule has 0 saturated carbocycles. The SMILES string of the molecule is CC(C)(NC(=O)c1ccc2c(=O)c3ccccc3[nH]c2c1)C(=O)c1ccccc1. The van der Waals surface area contributed by atoms with Crippen LogP contribution >= 0.6 is 0 Å². The number of para-hydroxylation sites is 1. The summed E-state index contributed by atoms with van der Waals surface area (Å²) in [5.41, 5.74) is 1.03. The lowest BCUT2D eigenvalue weighted by atomic mass is 9.92. The first-order valence-electron chi connectivity index (χ1n) is 9.34. The number of Topliss-reactive ketones (excluding diaryl/α,β-unsaturated/α-hetero) is 1. The van der Waals surface area contributed by atoms with Crippen molar-refractivity contribution in [3.63, 3.8) is 0 Å². The summed E-state index contributed by atoms with van der Waals surface area (Å²) >= 11 is 0. The van der Waals surface area contributed by atoms with E-state index in [4.69, 9.17) is 0 Å². The van der Waals surface area contributed by atoms with Crippen LogP contribution in [-0.4, -0.2) is 22.2 Å². The number of carbonyl (C=O) groups excluding carboxylic acids is 2. The molecule has 0 aliphatic heterocycles. The van der Waals surface area contributed by atoms with E-state index in [1.165, 1.54) is 0 Å². The van der Waals surface area contributed by atoms with Crippen molar-refractivity contribution in [2.75, 3.05) is 0 Å². The number of nitrogens with one attached hydrogen (secondary N) is 2. The van der Waals surface area contributed by atoms with Crippen LogP contribution in [0.3, 0.4) is 0 Å². The van der Waals surface area contributed by atoms with Gasteiger partial charge in [-0.05, 0) is 44.2 Å². The van der Waals surface area contributed by atoms with Crippen LogP contribution in [0.1, 0.15) is 34.6 Å². The van der Waals surface area contributed by atoms with Crippen LogP contribution in [0.25, 0.3) is 21.8 Å². The minimum atomic E-state index is -1.08. The molecule has 0 spiro atoms. The molecule has 144 valence electrons. The van der Waals surface area contributed by atoms with Gasteiger partial charge in [-0.15, -0.1) is 0 Å². The lowest BCUT2D eigenvalue weighted by molar-refractivity contribution is 0.0798. The Morgan fingerprint density at radius 1 is 0.793 bits per heavy atom. The van der Waals surface area contributed by atoms with E-state index in [1.807, 2.05) is 24.3 Å². The highest BCUT2D eigenvalue weighted by molar-refractivity contribution is 6.07. The van der Waals surface area contributed by atoms with E-state index in [9.17, 15) is 14.4 Å². The highest BCUT2D eigenvalue weighted by Crippen LogP contribution is 2.18. The Bertz CT molecular complexity index is 1300. The second-order valence-corrected chi connectivity index (χ2v) is 7.53. The van der Waals surface area contributed by atoms with Crippen molar-refractivity contribution >= 4 is 33.5 Å². The first-order chi connectivity index (χ1) is 13.9. The molecule has 3 aromatic carbocycles. The third kappa shape index (κ3) is 3.43. The van der Waals surface area contributed by atoms with Gasteiger partial charge in [0.15, 0.2) is 11.2 Å². The van der Waals surface area contributed by atoms with Crippen LogP contribution in [0.2, 0.25) is 0 Å². The van der Waals surface area contributed by atoms with Crippen molar-refractivity contribution in [1.29, 1.82) is 0 Å². The maximum absolute atomic E-state index is 12.8. The van der Waals surface area contributed by atoms with Crippen molar-refractivity contribution < 1.29 is 9.59 Å². The Kier molecular flexibility index (Phi) is 4.51. The van der Waals surface area contributed by atoms with E-state index in [-0.39, 0.29) is 17.1 Å². The number of H-pyrrole nitrogens is 1. The predicted molar refractivity (Wildman–Crippen MR) is 114 cm³/mol. The van der Waals surface area contributed by atoms with Crippen molar-refractivity contribution in [2.24, 2.45) is 0 Å². The molecule has 0 atom stereocenters. The number of rotatable bonds is 4. The standard InChI is InChI=1S/C24H20N2O3/c1-24(2,22(28)15-8-4-3-5-9-15)26-23(29)16-12-13-18-20(14-16)25-19-11-7-6-10-17(19)21(18)27/h3-14H,1-2H3,(H,25,27)(H,26,29). The van der Waals surface area contributed by atoms with Gasteiger partial charge in [-0.1, -0.05) is 42.5 Å². The molecule has 4 rings (SSSR count). The number of aromatic amines is 1. The summed E-state index contributed by atoms with van der Waals surface area (Å²) < 4.78 is 0. The van der Waals surface area contributed by atoms with Gasteiger partial charge in [0.05, 0.1) is 11.1 Å². The van der Waals surface area contributed by atoms with E-state index in [0.717, 1.165) is 0 Å². The van der Waals surface area contributed by atoms with Crippen LogP contribution in [0.15, 0.2) is 77.6 Å². The van der Waals surface area contributed by atoms with Gasteiger partial charge in [-0.3, -0.25) is 14.4 Å². The quantitative estimate of drug-likeness (QED) is 0.411. The molecule has 5 nitrogen and oxygen atoms in total. The number of pyridine rings is 1. The summed E-state index contributed by atoms with van der Waals surface area (Å²) in [6.45, 7) is 3.35. The van der Waals surface area contributed by atoms with Crippen molar-refractivity contribution in [3.05, 3.63) is 94.1 Å². The summed E-state index contributed by atoms with van der Waals surface area (Å²) in [6.07, 6.45) is 0. The number of carbonyl (C=O) groups is 2. The summed E-state index contributed by atoms with van der Waals surface area (Å²) in [4.78, 5) is 41.5. The maximum Gasteiger partial charge on any atom is 0.252 e. The fourth-order valence-electron chi connectivity index (χ4n) is 3.43. The highest BCUT2D eigenvalue weighted by atomic mass is 16.2. The topological polar surface area (TPSA) is 79.0 Å². The van der Waals surface area contributed by atoms with Crippen molar-refractivity contribution in [3.8, 4) is 0 Å². The van der Waals surface area contributed by atoms with Crippen LogP contribution in [-0.2, 0) is 0 Å². The molecule has 0 unspecified atom stereocenters. The average Bonchev–Trinajstić information content (AvgIpc) is 2.73. The summed E-state index contributed by atoms with van der Waals surface area (Å²) in [7, 11) is 0. The van der Waals surface area contributed by atoms with Gasteiger partial charge in [-0.2, -0.15) is 0 Å². The number of fused-ring (bicyclic) bond motifs is 2. The second kappa shape index (κ2) is 7.02. The lowest BCUT2D eigenvalue weighted by Crippen LogP contribution is -2.49. The van der Waals surface area contributed by atoms with Crippen molar-refractivity contribution in [2.45, 2.75) is 19.4 Å². The molecule has 1 heterocycles. The minimum absolute atomic E-state index is 0.0825. The number of benzene rings is 3. The maximum atomic E-state index is 12.8. The number of hydrogen-bond donors (Lipinski definition) is 2. The smallest absolute Gasteiger partial charge is 0.252 e. The van der Waals surface area contributed by atoms with Gasteiger partial charge in [0.1, 0.15) is 0 Å². The molecule has 5 heteroatoms. The molecule has 0 aliphatic carbocycles. The van der Waals surface area contributed by atoms with Crippen molar-refractivity contribution in [1.82, 2.24) is 10.3 Å². The Balaban J connectivity index is 1.67. The third-order valence-electron chi connectivity index (χ3n) is 5.00. The zero-order chi connectivity index (χ0) is 20.6. The fourth-order valence-corrected chi connectivity index (χ4v) is 3.43. The van der Waals surface area contributed by atoms with E-state index in [0.29, 0.717) is 32.9 Å². The largest absolute Gasteiger partial charge is 0.354 e. The van der Waals surface area contributed by atoms with E-state index < -0.39 is 5.54 Å². The number of ketones is 1. The molecule has 0 bridgehead atoms. The number of hydrogen-bond acceptors (Lipinski definition) is 3.